The molecule has 1 aliphatic carbocycles. The smallest absolute Gasteiger partial charge is 0.280 e. The lowest BCUT2D eigenvalue weighted by molar-refractivity contribution is 0.0987. The minimum atomic E-state index is -3.68. The SMILES string of the molecule is COc1ccc(/C=N/N(C(=O)c2ccc(S(=O)(=O)N(C)C3CCCCC3)cc2)c2nc3ccc(OC)cc3s2)cc1. The third-order valence-corrected chi connectivity index (χ3v) is 10.2. The fourth-order valence-electron chi connectivity index (χ4n) is 4.81. The zero-order chi connectivity index (χ0) is 29.0. The number of benzene rings is 3. The lowest BCUT2D eigenvalue weighted by Gasteiger charge is -2.30. The van der Waals surface area contributed by atoms with Gasteiger partial charge in [0.05, 0.1) is 35.5 Å². The summed E-state index contributed by atoms with van der Waals surface area (Å²) in [4.78, 5) is 18.6. The molecule has 0 atom stereocenters. The van der Waals surface area contributed by atoms with Gasteiger partial charge in [-0.2, -0.15) is 14.4 Å². The largest absolute Gasteiger partial charge is 0.497 e. The standard InChI is InChI=1S/C30H32N4O5S2/c1-33(23-7-5-4-6-8-23)41(36,37)26-16-11-22(12-17-26)29(35)34(31-20-21-9-13-24(38-2)14-10-21)30-32-27-18-15-25(39-3)19-28(27)40-30/h9-20,23H,4-8H2,1-3H3/b31-20+. The van der Waals surface area contributed by atoms with Gasteiger partial charge in [0.2, 0.25) is 15.2 Å². The first-order valence-corrected chi connectivity index (χ1v) is 15.6. The first-order valence-electron chi connectivity index (χ1n) is 13.4. The fraction of sp³-hybridized carbons (Fsp3) is 0.300. The highest BCUT2D eigenvalue weighted by molar-refractivity contribution is 7.89. The second-order valence-corrected chi connectivity index (χ2v) is 12.8. The number of fused-ring (bicyclic) bond motifs is 1. The number of anilines is 1. The van der Waals surface area contributed by atoms with Gasteiger partial charge >= 0.3 is 0 Å². The number of methoxy groups -OCH3 is 2. The van der Waals surface area contributed by atoms with Gasteiger partial charge in [-0.05, 0) is 85.1 Å². The van der Waals surface area contributed by atoms with Crippen LogP contribution >= 0.6 is 11.3 Å². The molecule has 1 fully saturated rings. The van der Waals surface area contributed by atoms with Crippen molar-refractivity contribution in [2.45, 2.75) is 43.0 Å². The molecule has 1 saturated carbocycles. The summed E-state index contributed by atoms with van der Waals surface area (Å²) in [5.74, 6) is 0.951. The predicted octanol–water partition coefficient (Wildman–Crippen LogP) is 5.95. The number of nitrogens with zero attached hydrogens (tertiary/aromatic N) is 4. The molecule has 9 nitrogen and oxygen atoms in total. The summed E-state index contributed by atoms with van der Waals surface area (Å²) in [6, 6.07) is 18.8. The average Bonchev–Trinajstić information content (AvgIpc) is 3.44. The zero-order valence-electron chi connectivity index (χ0n) is 23.2. The summed E-state index contributed by atoms with van der Waals surface area (Å²) in [5.41, 5.74) is 1.75. The van der Waals surface area contributed by atoms with Crippen LogP contribution in [-0.4, -0.2) is 57.1 Å². The molecule has 0 spiro atoms. The summed E-state index contributed by atoms with van der Waals surface area (Å²) in [6.07, 6.45) is 6.50. The van der Waals surface area contributed by atoms with Crippen molar-refractivity contribution in [1.82, 2.24) is 9.29 Å². The van der Waals surface area contributed by atoms with Gasteiger partial charge in [0, 0.05) is 18.7 Å². The maximum absolute atomic E-state index is 13.8. The number of hydrogen-bond acceptors (Lipinski definition) is 8. The molecular weight excluding hydrogens is 560 g/mol. The highest BCUT2D eigenvalue weighted by Crippen LogP contribution is 2.33. The Morgan fingerprint density at radius 1 is 0.951 bits per heavy atom. The lowest BCUT2D eigenvalue weighted by atomic mass is 9.96. The van der Waals surface area contributed by atoms with Gasteiger partial charge in [-0.1, -0.05) is 30.6 Å². The number of carbonyl (C=O) groups excluding carboxylic acids is 1. The number of hydrazone groups is 1. The van der Waals surface area contributed by atoms with E-state index < -0.39 is 15.9 Å². The van der Waals surface area contributed by atoms with Gasteiger partial charge < -0.3 is 9.47 Å². The number of hydrogen-bond donors (Lipinski definition) is 0. The minimum Gasteiger partial charge on any atom is -0.497 e. The van der Waals surface area contributed by atoms with Crippen molar-refractivity contribution in [2.75, 3.05) is 26.3 Å². The van der Waals surface area contributed by atoms with Crippen LogP contribution in [0.3, 0.4) is 0 Å². The van der Waals surface area contributed by atoms with E-state index >= 15 is 0 Å². The molecule has 0 aliphatic heterocycles. The van der Waals surface area contributed by atoms with Crippen LogP contribution < -0.4 is 14.5 Å². The van der Waals surface area contributed by atoms with Crippen LogP contribution in [0.1, 0.15) is 48.0 Å². The Kier molecular flexibility index (Phi) is 8.67. The highest BCUT2D eigenvalue weighted by atomic mass is 32.2. The Hall–Kier alpha value is -3.80. The second kappa shape index (κ2) is 12.4. The molecule has 1 amide bonds. The molecule has 41 heavy (non-hydrogen) atoms. The fourth-order valence-corrected chi connectivity index (χ4v) is 7.18. The Morgan fingerprint density at radius 2 is 1.61 bits per heavy atom. The second-order valence-electron chi connectivity index (χ2n) is 9.80. The Labute approximate surface area is 244 Å². The molecule has 1 aromatic heterocycles. The molecule has 0 N–H and O–H groups in total. The summed E-state index contributed by atoms with van der Waals surface area (Å²) in [5, 5.41) is 6.11. The number of ether oxygens (including phenoxy) is 2. The topological polar surface area (TPSA) is 101 Å². The van der Waals surface area contributed by atoms with Gasteiger partial charge in [0.15, 0.2) is 0 Å². The minimum absolute atomic E-state index is 0.00417. The molecule has 5 rings (SSSR count). The third-order valence-electron chi connectivity index (χ3n) is 7.26. The van der Waals surface area contributed by atoms with Gasteiger partial charge in [-0.3, -0.25) is 4.79 Å². The number of aromatic nitrogens is 1. The van der Waals surface area contributed by atoms with Crippen LogP contribution in [0.4, 0.5) is 5.13 Å². The summed E-state index contributed by atoms with van der Waals surface area (Å²) < 4.78 is 39.5. The number of carbonyl (C=O) groups is 1. The maximum atomic E-state index is 13.8. The molecule has 11 heteroatoms. The Bertz CT molecular complexity index is 1640. The van der Waals surface area contributed by atoms with Gasteiger partial charge in [0.25, 0.3) is 5.91 Å². The summed E-state index contributed by atoms with van der Waals surface area (Å²) >= 11 is 1.30. The summed E-state index contributed by atoms with van der Waals surface area (Å²) in [7, 11) is 1.14. The van der Waals surface area contributed by atoms with E-state index in [0.29, 0.717) is 22.1 Å². The Balaban J connectivity index is 1.45. The average molecular weight is 593 g/mol. The van der Waals surface area contributed by atoms with Crippen molar-refractivity contribution in [3.8, 4) is 11.5 Å². The van der Waals surface area contributed by atoms with Crippen LogP contribution in [0.25, 0.3) is 10.2 Å². The molecule has 4 aromatic rings. The number of amides is 1. The predicted molar refractivity (Wildman–Crippen MR) is 162 cm³/mol. The van der Waals surface area contributed by atoms with Crippen molar-refractivity contribution in [3.63, 3.8) is 0 Å². The van der Waals surface area contributed by atoms with E-state index in [0.717, 1.165) is 42.4 Å². The first-order chi connectivity index (χ1) is 19.8. The zero-order valence-corrected chi connectivity index (χ0v) is 24.8. The molecule has 0 radical (unpaired) electrons. The number of sulfonamides is 1. The highest BCUT2D eigenvalue weighted by Gasteiger charge is 2.29. The van der Waals surface area contributed by atoms with E-state index in [1.54, 1.807) is 39.6 Å². The van der Waals surface area contributed by atoms with Gasteiger partial charge in [-0.25, -0.2) is 13.4 Å². The molecule has 3 aromatic carbocycles. The molecule has 214 valence electrons. The van der Waals surface area contributed by atoms with Gasteiger partial charge in [0.1, 0.15) is 11.5 Å². The van der Waals surface area contributed by atoms with Crippen LogP contribution in [0.5, 0.6) is 11.5 Å². The third kappa shape index (κ3) is 6.27. The van der Waals surface area contributed by atoms with Crippen molar-refractivity contribution in [3.05, 3.63) is 77.9 Å². The van der Waals surface area contributed by atoms with Crippen molar-refractivity contribution < 1.29 is 22.7 Å². The molecule has 0 unspecified atom stereocenters. The molecular formula is C30H32N4O5S2. The summed E-state index contributed by atoms with van der Waals surface area (Å²) in [6.45, 7) is 0. The van der Waals surface area contributed by atoms with E-state index in [1.165, 1.54) is 44.9 Å². The number of thiazole rings is 1. The van der Waals surface area contributed by atoms with E-state index in [9.17, 15) is 13.2 Å². The molecule has 1 aliphatic rings. The monoisotopic (exact) mass is 592 g/mol. The van der Waals surface area contributed by atoms with Crippen LogP contribution in [0.2, 0.25) is 0 Å². The molecule has 0 saturated heterocycles. The van der Waals surface area contributed by atoms with Crippen molar-refractivity contribution in [2.24, 2.45) is 5.10 Å². The molecule has 1 heterocycles. The van der Waals surface area contributed by atoms with Crippen molar-refractivity contribution >= 4 is 48.8 Å². The quantitative estimate of drug-likeness (QED) is 0.176. The lowest BCUT2D eigenvalue weighted by Crippen LogP contribution is -2.38. The van der Waals surface area contributed by atoms with Crippen LogP contribution in [-0.2, 0) is 10.0 Å². The van der Waals surface area contributed by atoms with Gasteiger partial charge in [-0.15, -0.1) is 0 Å². The van der Waals surface area contributed by atoms with Crippen LogP contribution in [0.15, 0.2) is 76.7 Å². The van der Waals surface area contributed by atoms with E-state index in [2.05, 4.69) is 10.1 Å². The molecule has 0 bridgehead atoms. The van der Waals surface area contributed by atoms with E-state index in [4.69, 9.17) is 9.47 Å². The Morgan fingerprint density at radius 3 is 2.27 bits per heavy atom. The maximum Gasteiger partial charge on any atom is 0.280 e. The van der Waals surface area contributed by atoms with Crippen molar-refractivity contribution in [1.29, 1.82) is 0 Å². The normalized spacial score (nSPS) is 14.5. The van der Waals surface area contributed by atoms with Crippen LogP contribution in [0, 0.1) is 0 Å². The first kappa shape index (κ1) is 28.7. The van der Waals surface area contributed by atoms with E-state index in [1.807, 2.05) is 30.3 Å². The van der Waals surface area contributed by atoms with E-state index in [-0.39, 0.29) is 16.5 Å². The number of rotatable bonds is 9.